The standard InChI is InChI=1S/C20H31N5O3/c1-13-7-9-24(10-8-13)12-15-21-17-16(18(27)23(6)19(28)22(17)5)25(15)11-14(26)20(2,3)4/h13H,7-12H2,1-6H3/p+1. The van der Waals surface area contributed by atoms with Gasteiger partial charge in [-0.2, -0.15) is 0 Å². The minimum atomic E-state index is -0.521. The summed E-state index contributed by atoms with van der Waals surface area (Å²) in [5.41, 5.74) is -0.639. The molecule has 3 heterocycles. The Labute approximate surface area is 164 Å². The SMILES string of the molecule is CC1CC[NH+](Cc2nc3c(c(=O)n(C)c(=O)n3C)n2CC(=O)C(C)(C)C)CC1. The summed E-state index contributed by atoms with van der Waals surface area (Å²) in [6.45, 7) is 10.7. The van der Waals surface area contributed by atoms with Crippen LogP contribution in [-0.4, -0.2) is 37.6 Å². The van der Waals surface area contributed by atoms with Crippen LogP contribution in [0.5, 0.6) is 0 Å². The number of piperidine rings is 1. The van der Waals surface area contributed by atoms with Crippen LogP contribution < -0.4 is 16.1 Å². The van der Waals surface area contributed by atoms with E-state index in [-0.39, 0.29) is 12.3 Å². The molecule has 3 rings (SSSR count). The van der Waals surface area contributed by atoms with E-state index in [4.69, 9.17) is 0 Å². The lowest BCUT2D eigenvalue weighted by atomic mass is 9.91. The number of ketones is 1. The fourth-order valence-corrected chi connectivity index (χ4v) is 3.75. The predicted octanol–water partition coefficient (Wildman–Crippen LogP) is -0.136. The van der Waals surface area contributed by atoms with E-state index in [9.17, 15) is 14.4 Å². The van der Waals surface area contributed by atoms with Gasteiger partial charge in [0.15, 0.2) is 22.8 Å². The maximum Gasteiger partial charge on any atom is 0.332 e. The number of nitrogens with zero attached hydrogens (tertiary/aromatic N) is 4. The van der Waals surface area contributed by atoms with Crippen molar-refractivity contribution in [2.45, 2.75) is 53.6 Å². The van der Waals surface area contributed by atoms with Gasteiger partial charge in [-0.3, -0.25) is 18.7 Å². The Balaban J connectivity index is 2.13. The van der Waals surface area contributed by atoms with Gasteiger partial charge in [0.25, 0.3) is 5.56 Å². The van der Waals surface area contributed by atoms with E-state index in [2.05, 4.69) is 11.9 Å². The first kappa shape index (κ1) is 20.5. The van der Waals surface area contributed by atoms with Gasteiger partial charge < -0.3 is 9.47 Å². The maximum absolute atomic E-state index is 12.9. The van der Waals surface area contributed by atoms with Gasteiger partial charge in [0.05, 0.1) is 19.6 Å². The molecule has 1 fully saturated rings. The molecular weight excluding hydrogens is 358 g/mol. The van der Waals surface area contributed by atoms with Crippen molar-refractivity contribution < 1.29 is 9.69 Å². The monoisotopic (exact) mass is 390 g/mol. The van der Waals surface area contributed by atoms with Gasteiger partial charge in [0.2, 0.25) is 0 Å². The molecule has 0 radical (unpaired) electrons. The van der Waals surface area contributed by atoms with Gasteiger partial charge in [0.1, 0.15) is 6.54 Å². The third-order valence-corrected chi connectivity index (χ3v) is 5.95. The predicted molar refractivity (Wildman–Crippen MR) is 107 cm³/mol. The van der Waals surface area contributed by atoms with Crippen LogP contribution in [0.4, 0.5) is 0 Å². The Hall–Kier alpha value is -2.22. The molecule has 1 aliphatic rings. The van der Waals surface area contributed by atoms with Crippen molar-refractivity contribution in [2.24, 2.45) is 25.4 Å². The molecule has 0 unspecified atom stereocenters. The van der Waals surface area contributed by atoms with Gasteiger partial charge in [0, 0.05) is 19.5 Å². The second-order valence-corrected chi connectivity index (χ2v) is 9.27. The minimum absolute atomic E-state index is 0.0335. The third-order valence-electron chi connectivity index (χ3n) is 5.95. The van der Waals surface area contributed by atoms with Gasteiger partial charge in [-0.25, -0.2) is 9.78 Å². The number of hydrogen-bond donors (Lipinski definition) is 1. The third kappa shape index (κ3) is 3.70. The molecule has 154 valence electrons. The number of aryl methyl sites for hydroxylation is 1. The van der Waals surface area contributed by atoms with Crippen LogP contribution in [-0.2, 0) is 32.0 Å². The average Bonchev–Trinajstić information content (AvgIpc) is 2.97. The lowest BCUT2D eigenvalue weighted by molar-refractivity contribution is -0.920. The number of fused-ring (bicyclic) bond motifs is 1. The second kappa shape index (κ2) is 7.31. The number of rotatable bonds is 4. The van der Waals surface area contributed by atoms with E-state index in [1.165, 1.54) is 16.5 Å². The zero-order chi connectivity index (χ0) is 20.8. The molecule has 0 aromatic carbocycles. The molecule has 0 saturated carbocycles. The summed E-state index contributed by atoms with van der Waals surface area (Å²) in [5, 5.41) is 0. The number of carbonyl (C=O) groups excluding carboxylic acids is 1. The first-order valence-corrected chi connectivity index (χ1v) is 10.0. The summed E-state index contributed by atoms with van der Waals surface area (Å²) >= 11 is 0. The molecule has 2 aromatic rings. The number of likely N-dealkylation sites (tertiary alicyclic amines) is 1. The van der Waals surface area contributed by atoms with Gasteiger partial charge in [-0.15, -0.1) is 0 Å². The van der Waals surface area contributed by atoms with E-state index in [1.54, 1.807) is 11.6 Å². The van der Waals surface area contributed by atoms with Crippen molar-refractivity contribution in [2.75, 3.05) is 13.1 Å². The molecule has 8 heteroatoms. The van der Waals surface area contributed by atoms with Crippen LogP contribution >= 0.6 is 0 Å². The van der Waals surface area contributed by atoms with Crippen molar-refractivity contribution in [3.63, 3.8) is 0 Å². The normalized spacial score (nSPS) is 20.6. The summed E-state index contributed by atoms with van der Waals surface area (Å²) in [6.07, 6.45) is 2.33. The van der Waals surface area contributed by atoms with Crippen molar-refractivity contribution in [3.8, 4) is 0 Å². The number of nitrogens with one attached hydrogen (secondary N) is 1. The fourth-order valence-electron chi connectivity index (χ4n) is 3.75. The fraction of sp³-hybridized carbons (Fsp3) is 0.700. The molecule has 0 spiro atoms. The summed E-state index contributed by atoms with van der Waals surface area (Å²) in [5.74, 6) is 1.47. The molecule has 28 heavy (non-hydrogen) atoms. The molecular formula is C20H32N5O3+. The number of carbonyl (C=O) groups is 1. The summed E-state index contributed by atoms with van der Waals surface area (Å²) in [4.78, 5) is 44.1. The highest BCUT2D eigenvalue weighted by Crippen LogP contribution is 2.19. The van der Waals surface area contributed by atoms with E-state index in [1.807, 2.05) is 20.8 Å². The zero-order valence-corrected chi connectivity index (χ0v) is 17.8. The number of hydrogen-bond acceptors (Lipinski definition) is 4. The molecule has 0 atom stereocenters. The molecule has 0 amide bonds. The Kier molecular flexibility index (Phi) is 5.36. The van der Waals surface area contributed by atoms with Gasteiger partial charge >= 0.3 is 5.69 Å². The van der Waals surface area contributed by atoms with Crippen molar-refractivity contribution in [1.29, 1.82) is 0 Å². The topological polar surface area (TPSA) is 83.3 Å². The molecule has 0 aliphatic carbocycles. The van der Waals surface area contributed by atoms with E-state index in [0.29, 0.717) is 23.5 Å². The van der Waals surface area contributed by atoms with E-state index >= 15 is 0 Å². The summed E-state index contributed by atoms with van der Waals surface area (Å²) < 4.78 is 4.23. The Bertz CT molecular complexity index is 1010. The maximum atomic E-state index is 12.9. The van der Waals surface area contributed by atoms with Gasteiger partial charge in [-0.05, 0) is 18.8 Å². The van der Waals surface area contributed by atoms with Crippen molar-refractivity contribution in [3.05, 3.63) is 26.7 Å². The Morgan fingerprint density at radius 3 is 2.32 bits per heavy atom. The number of Topliss-reactive ketones (excluding diaryl/α,β-unsaturated/α-hetero) is 1. The lowest BCUT2D eigenvalue weighted by Gasteiger charge is -2.27. The van der Waals surface area contributed by atoms with Crippen LogP contribution in [0.15, 0.2) is 9.59 Å². The minimum Gasteiger partial charge on any atom is -0.329 e. The molecule has 0 bridgehead atoms. The smallest absolute Gasteiger partial charge is 0.329 e. The highest BCUT2D eigenvalue weighted by molar-refractivity contribution is 5.85. The summed E-state index contributed by atoms with van der Waals surface area (Å²) in [6, 6.07) is 0. The second-order valence-electron chi connectivity index (χ2n) is 9.27. The highest BCUT2D eigenvalue weighted by atomic mass is 16.2. The van der Waals surface area contributed by atoms with E-state index < -0.39 is 16.7 Å². The quantitative estimate of drug-likeness (QED) is 0.788. The van der Waals surface area contributed by atoms with Crippen LogP contribution in [0.1, 0.15) is 46.4 Å². The molecule has 1 saturated heterocycles. The molecule has 2 aromatic heterocycles. The van der Waals surface area contributed by atoms with Crippen molar-refractivity contribution in [1.82, 2.24) is 18.7 Å². The number of quaternary nitrogens is 1. The van der Waals surface area contributed by atoms with Crippen LogP contribution in [0.25, 0.3) is 11.2 Å². The molecule has 8 nitrogen and oxygen atoms in total. The zero-order valence-electron chi connectivity index (χ0n) is 17.8. The highest BCUT2D eigenvalue weighted by Gasteiger charge is 2.28. The Morgan fingerprint density at radius 2 is 1.75 bits per heavy atom. The average molecular weight is 391 g/mol. The van der Waals surface area contributed by atoms with Crippen LogP contribution in [0, 0.1) is 11.3 Å². The number of imidazole rings is 1. The lowest BCUT2D eigenvalue weighted by Crippen LogP contribution is -3.11. The Morgan fingerprint density at radius 1 is 1.14 bits per heavy atom. The number of aromatic nitrogens is 4. The van der Waals surface area contributed by atoms with Gasteiger partial charge in [-0.1, -0.05) is 27.7 Å². The molecule has 1 N–H and O–H groups in total. The largest absolute Gasteiger partial charge is 0.332 e. The summed E-state index contributed by atoms with van der Waals surface area (Å²) in [7, 11) is 3.08. The van der Waals surface area contributed by atoms with Crippen molar-refractivity contribution >= 4 is 16.9 Å². The van der Waals surface area contributed by atoms with Crippen LogP contribution in [0.3, 0.4) is 0 Å². The van der Waals surface area contributed by atoms with Crippen LogP contribution in [0.2, 0.25) is 0 Å². The molecule has 1 aliphatic heterocycles. The first-order valence-electron chi connectivity index (χ1n) is 10.0. The van der Waals surface area contributed by atoms with E-state index in [0.717, 1.165) is 36.4 Å². The first-order chi connectivity index (χ1) is 13.0.